The first-order chi connectivity index (χ1) is 20.9. The van der Waals surface area contributed by atoms with Gasteiger partial charge in [-0.25, -0.2) is 4.79 Å². The molecule has 1 aliphatic heterocycles. The highest BCUT2D eigenvalue weighted by molar-refractivity contribution is 14.1. The minimum absolute atomic E-state index is 0.274. The maximum atomic E-state index is 13.0. The Morgan fingerprint density at radius 3 is 2.56 bits per heavy atom. The van der Waals surface area contributed by atoms with E-state index in [0.717, 1.165) is 38.9 Å². The van der Waals surface area contributed by atoms with Crippen molar-refractivity contribution in [2.24, 2.45) is 0 Å². The van der Waals surface area contributed by atoms with E-state index in [1.165, 1.54) is 7.11 Å². The van der Waals surface area contributed by atoms with E-state index in [2.05, 4.69) is 34.4 Å². The van der Waals surface area contributed by atoms with Gasteiger partial charge in [0.25, 0.3) is 0 Å². The largest absolute Gasteiger partial charge is 0.489 e. The van der Waals surface area contributed by atoms with Crippen LogP contribution in [0.4, 0.5) is 5.69 Å². The van der Waals surface area contributed by atoms with Gasteiger partial charge in [0.2, 0.25) is 0 Å². The summed E-state index contributed by atoms with van der Waals surface area (Å²) in [6.07, 6.45) is 1.06. The molecule has 0 amide bonds. The lowest BCUT2D eigenvalue weighted by Gasteiger charge is -2.33. The topological polar surface area (TPSA) is 57.2 Å². The van der Waals surface area contributed by atoms with Crippen LogP contribution in [0.3, 0.4) is 0 Å². The Kier molecular flexibility index (Phi) is 10.6. The number of halogens is 3. The quantitative estimate of drug-likeness (QED) is 0.114. The Morgan fingerprint density at radius 1 is 0.977 bits per heavy atom. The molecule has 0 saturated heterocycles. The van der Waals surface area contributed by atoms with Gasteiger partial charge < -0.3 is 23.8 Å². The fraction of sp³-hybridized carbons (Fsp3) is 0.265. The Balaban J connectivity index is 1.29. The molecule has 0 fully saturated rings. The third kappa shape index (κ3) is 7.69. The number of carbonyl (C=O) groups excluding carboxylic acids is 1. The number of nitrogens with zero attached hydrogens (tertiary/aromatic N) is 1. The van der Waals surface area contributed by atoms with Crippen LogP contribution >= 0.6 is 45.8 Å². The lowest BCUT2D eigenvalue weighted by molar-refractivity contribution is -0.142. The van der Waals surface area contributed by atoms with Crippen LogP contribution in [-0.2, 0) is 22.6 Å². The molecule has 0 saturated carbocycles. The van der Waals surface area contributed by atoms with Crippen LogP contribution < -0.4 is 19.1 Å². The minimum Gasteiger partial charge on any atom is -0.489 e. The molecule has 2 atom stereocenters. The fourth-order valence-electron chi connectivity index (χ4n) is 5.06. The number of hydrogen-bond acceptors (Lipinski definition) is 6. The molecule has 4 aromatic rings. The number of benzene rings is 4. The molecule has 2 unspecified atom stereocenters. The van der Waals surface area contributed by atoms with E-state index in [1.807, 2.05) is 72.8 Å². The first kappa shape index (κ1) is 31.3. The van der Waals surface area contributed by atoms with Crippen molar-refractivity contribution in [3.8, 4) is 17.2 Å². The predicted octanol–water partition coefficient (Wildman–Crippen LogP) is 8.69. The molecule has 0 aromatic heterocycles. The van der Waals surface area contributed by atoms with Crippen LogP contribution in [0.25, 0.3) is 0 Å². The number of anilines is 1. The average Bonchev–Trinajstić information content (AvgIpc) is 3.03. The zero-order valence-corrected chi connectivity index (χ0v) is 27.6. The normalized spacial score (nSPS) is 14.6. The lowest BCUT2D eigenvalue weighted by atomic mass is 10.0. The summed E-state index contributed by atoms with van der Waals surface area (Å²) in [5.74, 6) is 1.75. The number of methoxy groups -OCH3 is 1. The van der Waals surface area contributed by atoms with Crippen molar-refractivity contribution in [2.75, 3.05) is 25.2 Å². The van der Waals surface area contributed by atoms with E-state index in [0.29, 0.717) is 46.9 Å². The standard InChI is InChI=1S/C34H32Cl2INO5/c1-3-15-38(29-10-5-4-9-28(29)37)30(34(39)40-2)17-22-12-14-31-32(18-22)42-21-33(43-31)24-7-6-8-25(19-24)41-20-23-11-13-26(35)27(36)16-23/h4-14,16,18-19,30,33H,3,15,17,20-21H2,1-2H3. The Hall–Kier alpha value is -3.14. The van der Waals surface area contributed by atoms with Crippen molar-refractivity contribution in [1.29, 1.82) is 0 Å². The van der Waals surface area contributed by atoms with Gasteiger partial charge in [-0.1, -0.05) is 66.5 Å². The highest BCUT2D eigenvalue weighted by Gasteiger charge is 2.29. The second kappa shape index (κ2) is 14.6. The summed E-state index contributed by atoms with van der Waals surface area (Å²) >= 11 is 14.5. The zero-order chi connectivity index (χ0) is 30.3. The Bertz CT molecular complexity index is 1580. The third-order valence-electron chi connectivity index (χ3n) is 7.19. The molecule has 0 aliphatic carbocycles. The van der Waals surface area contributed by atoms with Crippen LogP contribution in [0.5, 0.6) is 17.2 Å². The summed E-state index contributed by atoms with van der Waals surface area (Å²) in [5.41, 5.74) is 3.84. The van der Waals surface area contributed by atoms with Gasteiger partial charge in [-0.15, -0.1) is 0 Å². The van der Waals surface area contributed by atoms with Crippen molar-refractivity contribution in [3.05, 3.63) is 115 Å². The monoisotopic (exact) mass is 731 g/mol. The molecular formula is C34H32Cl2INO5. The second-order valence-electron chi connectivity index (χ2n) is 10.2. The number of fused-ring (bicyclic) bond motifs is 1. The number of para-hydroxylation sites is 1. The van der Waals surface area contributed by atoms with Gasteiger partial charge in [0, 0.05) is 16.5 Å². The van der Waals surface area contributed by atoms with E-state index in [1.54, 1.807) is 12.1 Å². The molecule has 43 heavy (non-hydrogen) atoms. The summed E-state index contributed by atoms with van der Waals surface area (Å²) in [5, 5.41) is 1.01. The Labute approximate surface area is 275 Å². The highest BCUT2D eigenvalue weighted by Crippen LogP contribution is 2.38. The summed E-state index contributed by atoms with van der Waals surface area (Å²) in [6, 6.07) is 26.7. The molecule has 1 heterocycles. The number of rotatable bonds is 11. The van der Waals surface area contributed by atoms with Crippen molar-refractivity contribution < 1.29 is 23.7 Å². The summed E-state index contributed by atoms with van der Waals surface area (Å²) in [7, 11) is 1.44. The van der Waals surface area contributed by atoms with E-state index in [-0.39, 0.29) is 12.1 Å². The van der Waals surface area contributed by atoms with E-state index >= 15 is 0 Å². The summed E-state index contributed by atoms with van der Waals surface area (Å²) < 4.78 is 24.9. The molecule has 224 valence electrons. The first-order valence-corrected chi connectivity index (χ1v) is 15.9. The van der Waals surface area contributed by atoms with Crippen molar-refractivity contribution in [1.82, 2.24) is 0 Å². The van der Waals surface area contributed by atoms with Crippen LogP contribution in [0.15, 0.2) is 84.9 Å². The predicted molar refractivity (Wildman–Crippen MR) is 179 cm³/mol. The van der Waals surface area contributed by atoms with Crippen LogP contribution in [0.2, 0.25) is 10.0 Å². The maximum absolute atomic E-state index is 13.0. The van der Waals surface area contributed by atoms with E-state index < -0.39 is 6.04 Å². The number of carbonyl (C=O) groups is 1. The van der Waals surface area contributed by atoms with Gasteiger partial charge in [0.15, 0.2) is 17.6 Å². The first-order valence-electron chi connectivity index (χ1n) is 14.0. The van der Waals surface area contributed by atoms with Crippen LogP contribution in [-0.4, -0.2) is 32.3 Å². The fourth-order valence-corrected chi connectivity index (χ4v) is 6.08. The van der Waals surface area contributed by atoms with E-state index in [4.69, 9.17) is 42.1 Å². The molecule has 4 aromatic carbocycles. The number of hydrogen-bond donors (Lipinski definition) is 0. The van der Waals surface area contributed by atoms with Crippen molar-refractivity contribution in [3.63, 3.8) is 0 Å². The zero-order valence-electron chi connectivity index (χ0n) is 23.9. The molecule has 6 nitrogen and oxygen atoms in total. The molecular weight excluding hydrogens is 700 g/mol. The van der Waals surface area contributed by atoms with Crippen LogP contribution in [0, 0.1) is 3.57 Å². The highest BCUT2D eigenvalue weighted by atomic mass is 127. The molecule has 0 radical (unpaired) electrons. The minimum atomic E-state index is -0.484. The maximum Gasteiger partial charge on any atom is 0.328 e. The summed E-state index contributed by atoms with van der Waals surface area (Å²) in [4.78, 5) is 15.2. The Morgan fingerprint density at radius 2 is 1.79 bits per heavy atom. The molecule has 0 N–H and O–H groups in total. The molecule has 1 aliphatic rings. The second-order valence-corrected chi connectivity index (χ2v) is 12.2. The van der Waals surface area contributed by atoms with E-state index in [9.17, 15) is 4.79 Å². The SMILES string of the molecule is CCCN(c1ccccc1I)C(Cc1ccc2c(c1)OCC(c1cccc(OCc3ccc(Cl)c(Cl)c3)c1)O2)C(=O)OC. The van der Waals surface area contributed by atoms with Gasteiger partial charge in [-0.2, -0.15) is 0 Å². The van der Waals surface area contributed by atoms with Gasteiger partial charge in [0.05, 0.1) is 22.8 Å². The number of ether oxygens (including phenoxy) is 4. The van der Waals surface area contributed by atoms with Gasteiger partial charge in [-0.05, 0) is 94.2 Å². The van der Waals surface area contributed by atoms with Gasteiger partial charge in [0.1, 0.15) is 25.0 Å². The molecule has 0 bridgehead atoms. The molecule has 0 spiro atoms. The van der Waals surface area contributed by atoms with Crippen LogP contribution in [0.1, 0.15) is 36.1 Å². The van der Waals surface area contributed by atoms with Gasteiger partial charge in [-0.3, -0.25) is 0 Å². The summed E-state index contributed by atoms with van der Waals surface area (Å²) in [6.45, 7) is 3.54. The van der Waals surface area contributed by atoms with Crippen molar-refractivity contribution in [2.45, 2.75) is 38.5 Å². The van der Waals surface area contributed by atoms with Gasteiger partial charge >= 0.3 is 5.97 Å². The molecule has 9 heteroatoms. The lowest BCUT2D eigenvalue weighted by Crippen LogP contribution is -2.44. The smallest absolute Gasteiger partial charge is 0.328 e. The average molecular weight is 732 g/mol. The number of esters is 1. The van der Waals surface area contributed by atoms with Crippen molar-refractivity contribution >= 4 is 57.4 Å². The third-order valence-corrected chi connectivity index (χ3v) is 8.84. The molecule has 5 rings (SSSR count).